The van der Waals surface area contributed by atoms with Gasteiger partial charge in [-0.2, -0.15) is 5.10 Å². The summed E-state index contributed by atoms with van der Waals surface area (Å²) in [5.74, 6) is -0.447. The predicted molar refractivity (Wildman–Crippen MR) is 73.3 cm³/mol. The molecule has 0 radical (unpaired) electrons. The maximum Gasteiger partial charge on any atom is 0.345 e. The SMILES string of the molecule is Cc1cc([N+](=O)[O-])n(CC(=O)N(C)Cc2ccnn2C)n1. The Labute approximate surface area is 120 Å². The number of rotatable bonds is 5. The van der Waals surface area contributed by atoms with Crippen molar-refractivity contribution in [3.8, 4) is 0 Å². The molecule has 0 N–H and O–H groups in total. The van der Waals surface area contributed by atoms with Crippen molar-refractivity contribution in [2.45, 2.75) is 20.0 Å². The minimum atomic E-state index is -0.547. The van der Waals surface area contributed by atoms with E-state index >= 15 is 0 Å². The van der Waals surface area contributed by atoms with Crippen molar-refractivity contribution in [2.75, 3.05) is 7.05 Å². The number of hydrogen-bond donors (Lipinski definition) is 0. The largest absolute Gasteiger partial charge is 0.358 e. The van der Waals surface area contributed by atoms with Crippen molar-refractivity contribution < 1.29 is 9.72 Å². The second kappa shape index (κ2) is 5.73. The minimum absolute atomic E-state index is 0.168. The summed E-state index contributed by atoms with van der Waals surface area (Å²) < 4.78 is 2.78. The van der Waals surface area contributed by atoms with Gasteiger partial charge in [-0.05, 0) is 17.9 Å². The molecule has 0 fully saturated rings. The fourth-order valence-electron chi connectivity index (χ4n) is 1.93. The standard InChI is InChI=1S/C12H16N6O3/c1-9-6-11(18(20)21)17(14-9)8-12(19)15(2)7-10-4-5-13-16(10)3/h4-6H,7-8H2,1-3H3. The van der Waals surface area contributed by atoms with Crippen molar-refractivity contribution in [1.82, 2.24) is 24.5 Å². The number of carbonyl (C=O) groups is 1. The molecular formula is C12H16N6O3. The molecule has 0 bridgehead atoms. The molecule has 2 rings (SSSR count). The van der Waals surface area contributed by atoms with Gasteiger partial charge in [0.2, 0.25) is 0 Å². The summed E-state index contributed by atoms with van der Waals surface area (Å²) >= 11 is 0. The van der Waals surface area contributed by atoms with Gasteiger partial charge in [0.15, 0.2) is 6.54 Å². The van der Waals surface area contributed by atoms with E-state index in [0.29, 0.717) is 12.2 Å². The van der Waals surface area contributed by atoms with Crippen LogP contribution in [0.2, 0.25) is 0 Å². The topological polar surface area (TPSA) is 99.1 Å². The van der Waals surface area contributed by atoms with Gasteiger partial charge < -0.3 is 15.0 Å². The number of amides is 1. The van der Waals surface area contributed by atoms with Crippen LogP contribution in [-0.4, -0.2) is 42.3 Å². The van der Waals surface area contributed by atoms with Gasteiger partial charge in [0.25, 0.3) is 5.91 Å². The molecule has 2 aromatic rings. The average molecular weight is 292 g/mol. The van der Waals surface area contributed by atoms with Gasteiger partial charge in [0.1, 0.15) is 0 Å². The fourth-order valence-corrected chi connectivity index (χ4v) is 1.93. The molecule has 2 aromatic heterocycles. The molecule has 0 aliphatic heterocycles. The van der Waals surface area contributed by atoms with Crippen LogP contribution >= 0.6 is 0 Å². The van der Waals surface area contributed by atoms with Gasteiger partial charge in [-0.1, -0.05) is 5.10 Å². The van der Waals surface area contributed by atoms with Gasteiger partial charge in [-0.15, -0.1) is 4.68 Å². The molecule has 1 amide bonds. The van der Waals surface area contributed by atoms with Crippen LogP contribution < -0.4 is 0 Å². The molecule has 0 aliphatic carbocycles. The van der Waals surface area contributed by atoms with Crippen LogP contribution in [0.3, 0.4) is 0 Å². The summed E-state index contributed by atoms with van der Waals surface area (Å²) in [5.41, 5.74) is 1.38. The number of aromatic nitrogens is 4. The van der Waals surface area contributed by atoms with Gasteiger partial charge in [-0.3, -0.25) is 9.48 Å². The van der Waals surface area contributed by atoms with Crippen LogP contribution in [0.5, 0.6) is 0 Å². The molecule has 0 saturated carbocycles. The normalized spacial score (nSPS) is 10.6. The summed E-state index contributed by atoms with van der Waals surface area (Å²) in [6.45, 7) is 1.86. The monoisotopic (exact) mass is 292 g/mol. The van der Waals surface area contributed by atoms with Gasteiger partial charge in [0.05, 0.1) is 24.0 Å². The summed E-state index contributed by atoms with van der Waals surface area (Å²) in [6, 6.07) is 3.15. The molecule has 112 valence electrons. The Bertz CT molecular complexity index is 674. The van der Waals surface area contributed by atoms with Crippen LogP contribution in [0, 0.1) is 17.0 Å². The maximum atomic E-state index is 12.1. The first kappa shape index (κ1) is 14.7. The molecule has 9 nitrogen and oxygen atoms in total. The van der Waals surface area contributed by atoms with E-state index in [2.05, 4.69) is 10.2 Å². The highest BCUT2D eigenvalue weighted by molar-refractivity contribution is 5.75. The zero-order valence-electron chi connectivity index (χ0n) is 12.1. The number of carbonyl (C=O) groups excluding carboxylic acids is 1. The minimum Gasteiger partial charge on any atom is -0.358 e. The van der Waals surface area contributed by atoms with Crippen molar-refractivity contribution in [1.29, 1.82) is 0 Å². The Morgan fingerprint density at radius 3 is 2.81 bits per heavy atom. The van der Waals surface area contributed by atoms with Crippen LogP contribution in [0.4, 0.5) is 5.82 Å². The van der Waals surface area contributed by atoms with Crippen LogP contribution in [0.1, 0.15) is 11.4 Å². The van der Waals surface area contributed by atoms with Crippen LogP contribution in [-0.2, 0) is 24.9 Å². The lowest BCUT2D eigenvalue weighted by Crippen LogP contribution is -2.31. The van der Waals surface area contributed by atoms with Crippen molar-refractivity contribution in [3.05, 3.63) is 39.8 Å². The summed E-state index contributed by atoms with van der Waals surface area (Å²) in [6.07, 6.45) is 1.65. The first-order valence-corrected chi connectivity index (χ1v) is 6.28. The van der Waals surface area contributed by atoms with Gasteiger partial charge in [0, 0.05) is 20.3 Å². The highest BCUT2D eigenvalue weighted by atomic mass is 16.6. The predicted octanol–water partition coefficient (Wildman–Crippen LogP) is 0.492. The quantitative estimate of drug-likeness (QED) is 0.590. The lowest BCUT2D eigenvalue weighted by molar-refractivity contribution is -0.392. The molecule has 0 aliphatic rings. The first-order chi connectivity index (χ1) is 9.88. The smallest absolute Gasteiger partial charge is 0.345 e. The zero-order chi connectivity index (χ0) is 15.6. The Morgan fingerprint density at radius 2 is 2.24 bits per heavy atom. The summed E-state index contributed by atoms with van der Waals surface area (Å²) in [4.78, 5) is 24.0. The van der Waals surface area contributed by atoms with Gasteiger partial charge >= 0.3 is 5.82 Å². The zero-order valence-corrected chi connectivity index (χ0v) is 12.1. The molecule has 0 aromatic carbocycles. The molecule has 0 unspecified atom stereocenters. The Kier molecular flexibility index (Phi) is 4.01. The van der Waals surface area contributed by atoms with E-state index < -0.39 is 4.92 Å². The first-order valence-electron chi connectivity index (χ1n) is 6.28. The molecule has 0 saturated heterocycles. The number of aryl methyl sites for hydroxylation is 2. The van der Waals surface area contributed by atoms with E-state index in [4.69, 9.17) is 0 Å². The maximum absolute atomic E-state index is 12.1. The molecule has 0 atom stereocenters. The van der Waals surface area contributed by atoms with E-state index in [9.17, 15) is 14.9 Å². The van der Waals surface area contributed by atoms with E-state index in [1.165, 1.54) is 11.0 Å². The molecule has 9 heteroatoms. The highest BCUT2D eigenvalue weighted by Crippen LogP contribution is 2.13. The second-order valence-corrected chi connectivity index (χ2v) is 4.75. The lowest BCUT2D eigenvalue weighted by Gasteiger charge is -2.15. The van der Waals surface area contributed by atoms with Crippen molar-refractivity contribution in [2.24, 2.45) is 7.05 Å². The van der Waals surface area contributed by atoms with E-state index in [1.807, 2.05) is 6.07 Å². The molecular weight excluding hydrogens is 276 g/mol. The summed E-state index contributed by atoms with van der Waals surface area (Å²) in [7, 11) is 3.42. The third-order valence-corrected chi connectivity index (χ3v) is 3.10. The van der Waals surface area contributed by atoms with Crippen molar-refractivity contribution >= 4 is 11.7 Å². The van der Waals surface area contributed by atoms with Crippen molar-refractivity contribution in [3.63, 3.8) is 0 Å². The Morgan fingerprint density at radius 1 is 1.52 bits per heavy atom. The molecule has 21 heavy (non-hydrogen) atoms. The highest BCUT2D eigenvalue weighted by Gasteiger charge is 2.21. The Hall–Kier alpha value is -2.71. The van der Waals surface area contributed by atoms with E-state index in [-0.39, 0.29) is 18.3 Å². The van der Waals surface area contributed by atoms with Crippen LogP contribution in [0.25, 0.3) is 0 Å². The van der Waals surface area contributed by atoms with E-state index in [0.717, 1.165) is 10.4 Å². The number of nitrogens with zero attached hydrogens (tertiary/aromatic N) is 6. The number of hydrogen-bond acceptors (Lipinski definition) is 5. The fraction of sp³-hybridized carbons (Fsp3) is 0.417. The lowest BCUT2D eigenvalue weighted by atomic mass is 10.4. The molecule has 0 spiro atoms. The second-order valence-electron chi connectivity index (χ2n) is 4.75. The number of nitro groups is 1. The van der Waals surface area contributed by atoms with E-state index in [1.54, 1.807) is 31.9 Å². The Balaban J connectivity index is 2.07. The summed E-state index contributed by atoms with van der Waals surface area (Å²) in [5, 5.41) is 18.9. The third kappa shape index (κ3) is 3.25. The molecule has 2 heterocycles. The van der Waals surface area contributed by atoms with Gasteiger partial charge in [-0.25, -0.2) is 0 Å². The third-order valence-electron chi connectivity index (χ3n) is 3.10. The van der Waals surface area contributed by atoms with Crippen LogP contribution in [0.15, 0.2) is 18.3 Å². The number of likely N-dealkylation sites (N-methyl/N-ethyl adjacent to an activating group) is 1. The average Bonchev–Trinajstić information content (AvgIpc) is 2.96.